The van der Waals surface area contributed by atoms with Crippen molar-refractivity contribution in [1.29, 1.82) is 0 Å². The van der Waals surface area contributed by atoms with Gasteiger partial charge < -0.3 is 15.6 Å². The molecule has 2 atom stereocenters. The first-order valence-corrected chi connectivity index (χ1v) is 5.82. The van der Waals surface area contributed by atoms with Crippen LogP contribution >= 0.6 is 24.8 Å². The fraction of sp³-hybridized carbons (Fsp3) is 0.727. The minimum Gasteiger partial charge on any atom is -0.345 e. The highest BCUT2D eigenvalue weighted by molar-refractivity contribution is 5.86. The summed E-state index contributed by atoms with van der Waals surface area (Å²) in [6, 6.07) is -0.199. The largest absolute Gasteiger partial charge is 0.345 e. The Hall–Kier alpha value is -0.850. The van der Waals surface area contributed by atoms with Crippen LogP contribution in [-0.4, -0.2) is 26.2 Å². The van der Waals surface area contributed by atoms with Crippen molar-refractivity contribution in [3.8, 4) is 0 Å². The van der Waals surface area contributed by atoms with Gasteiger partial charge in [0.25, 0.3) is 0 Å². The Bertz CT molecular complexity index is 394. The van der Waals surface area contributed by atoms with Gasteiger partial charge in [-0.15, -0.1) is 35.0 Å². The first-order valence-electron chi connectivity index (χ1n) is 5.82. The minimum atomic E-state index is -0.832. The molecule has 3 N–H and O–H groups in total. The number of nitrogens with zero attached hydrogens (tertiary/aromatic N) is 3. The zero-order valence-corrected chi connectivity index (χ0v) is 13.3. The summed E-state index contributed by atoms with van der Waals surface area (Å²) in [6.45, 7) is 5.61. The number of rotatable bonds is 5. The zero-order valence-electron chi connectivity index (χ0n) is 11.7. The molecule has 0 saturated heterocycles. The van der Waals surface area contributed by atoms with Crippen LogP contribution in [0.25, 0.3) is 0 Å². The summed E-state index contributed by atoms with van der Waals surface area (Å²) in [7, 11) is 1.84. The molecule has 6 nitrogen and oxygen atoms in total. The molecule has 1 amide bonds. The van der Waals surface area contributed by atoms with Crippen LogP contribution in [0.1, 0.15) is 45.5 Å². The van der Waals surface area contributed by atoms with E-state index in [2.05, 4.69) is 15.5 Å². The van der Waals surface area contributed by atoms with Gasteiger partial charge in [0, 0.05) is 7.05 Å². The van der Waals surface area contributed by atoms with Gasteiger partial charge >= 0.3 is 0 Å². The molecule has 112 valence electrons. The van der Waals surface area contributed by atoms with Gasteiger partial charge in [-0.2, -0.15) is 0 Å². The molecule has 1 aromatic rings. The van der Waals surface area contributed by atoms with Crippen molar-refractivity contribution in [3.05, 3.63) is 12.2 Å². The lowest BCUT2D eigenvalue weighted by atomic mass is 9.96. The van der Waals surface area contributed by atoms with E-state index in [0.717, 1.165) is 6.42 Å². The van der Waals surface area contributed by atoms with E-state index in [9.17, 15) is 4.79 Å². The Balaban J connectivity index is 0. The van der Waals surface area contributed by atoms with Crippen molar-refractivity contribution in [1.82, 2.24) is 20.1 Å². The third kappa shape index (κ3) is 5.34. The molecule has 1 rings (SSSR count). The lowest BCUT2D eigenvalue weighted by Crippen LogP contribution is -2.52. The van der Waals surface area contributed by atoms with Crippen LogP contribution in [0.4, 0.5) is 0 Å². The van der Waals surface area contributed by atoms with Crippen molar-refractivity contribution >= 4 is 30.7 Å². The maximum absolute atomic E-state index is 12.0. The fourth-order valence-corrected chi connectivity index (χ4v) is 1.74. The number of aryl methyl sites for hydroxylation is 1. The topological polar surface area (TPSA) is 85.8 Å². The van der Waals surface area contributed by atoms with Crippen LogP contribution in [0.15, 0.2) is 6.33 Å². The average molecular weight is 312 g/mol. The molecule has 8 heteroatoms. The van der Waals surface area contributed by atoms with E-state index in [-0.39, 0.29) is 36.8 Å². The van der Waals surface area contributed by atoms with Crippen molar-refractivity contribution in [2.45, 2.75) is 45.2 Å². The quantitative estimate of drug-likeness (QED) is 0.859. The van der Waals surface area contributed by atoms with E-state index in [1.54, 1.807) is 17.8 Å². The molecular formula is C11H23Cl2N5O. The predicted molar refractivity (Wildman–Crippen MR) is 79.6 cm³/mol. The first kappa shape index (κ1) is 20.5. The molecular weight excluding hydrogens is 289 g/mol. The third-order valence-electron chi connectivity index (χ3n) is 2.77. The van der Waals surface area contributed by atoms with Crippen molar-refractivity contribution in [2.75, 3.05) is 0 Å². The number of hydrogen-bond acceptors (Lipinski definition) is 4. The van der Waals surface area contributed by atoms with Gasteiger partial charge in [0.2, 0.25) is 5.91 Å². The third-order valence-corrected chi connectivity index (χ3v) is 2.77. The van der Waals surface area contributed by atoms with E-state index in [1.807, 2.05) is 20.9 Å². The van der Waals surface area contributed by atoms with Crippen molar-refractivity contribution in [3.63, 3.8) is 0 Å². The summed E-state index contributed by atoms with van der Waals surface area (Å²) >= 11 is 0. The van der Waals surface area contributed by atoms with E-state index < -0.39 is 5.54 Å². The van der Waals surface area contributed by atoms with Gasteiger partial charge in [-0.25, -0.2) is 0 Å². The predicted octanol–water partition coefficient (Wildman–Crippen LogP) is 1.35. The van der Waals surface area contributed by atoms with Crippen LogP contribution in [0.2, 0.25) is 0 Å². The van der Waals surface area contributed by atoms with Gasteiger partial charge in [0.05, 0.1) is 11.6 Å². The molecule has 0 aliphatic carbocycles. The smallest absolute Gasteiger partial charge is 0.240 e. The first-order chi connectivity index (χ1) is 7.88. The highest BCUT2D eigenvalue weighted by atomic mass is 35.5. The minimum absolute atomic E-state index is 0. The van der Waals surface area contributed by atoms with Crippen LogP contribution in [-0.2, 0) is 11.8 Å². The maximum Gasteiger partial charge on any atom is 0.240 e. The number of carbonyl (C=O) groups excluding carboxylic acids is 1. The van der Waals surface area contributed by atoms with Crippen molar-refractivity contribution < 1.29 is 4.79 Å². The Morgan fingerprint density at radius 1 is 1.58 bits per heavy atom. The molecule has 0 bridgehead atoms. The van der Waals surface area contributed by atoms with Crippen LogP contribution < -0.4 is 11.1 Å². The summed E-state index contributed by atoms with van der Waals surface area (Å²) < 4.78 is 1.78. The number of halogens is 2. The van der Waals surface area contributed by atoms with Gasteiger partial charge in [0.1, 0.15) is 6.33 Å². The lowest BCUT2D eigenvalue weighted by Gasteiger charge is -2.25. The Morgan fingerprint density at radius 3 is 2.58 bits per heavy atom. The second-order valence-electron chi connectivity index (χ2n) is 4.66. The van der Waals surface area contributed by atoms with Crippen LogP contribution in [0, 0.1) is 0 Å². The second kappa shape index (κ2) is 8.35. The number of nitrogens with two attached hydrogens (primary N) is 1. The normalized spacial score (nSPS) is 14.6. The summed E-state index contributed by atoms with van der Waals surface area (Å²) in [6.07, 6.45) is 3.13. The van der Waals surface area contributed by atoms with E-state index >= 15 is 0 Å². The molecule has 19 heavy (non-hydrogen) atoms. The standard InChI is InChI=1S/C11H21N5O.2ClH/c1-5-6-11(3,12)10(17)14-8(2)9-15-13-7-16(9)4;;/h7-8H,5-6,12H2,1-4H3,(H,14,17);2*1H. The van der Waals surface area contributed by atoms with Gasteiger partial charge in [-0.1, -0.05) is 13.3 Å². The Morgan fingerprint density at radius 2 is 2.16 bits per heavy atom. The zero-order chi connectivity index (χ0) is 13.1. The monoisotopic (exact) mass is 311 g/mol. The number of hydrogen-bond donors (Lipinski definition) is 2. The highest BCUT2D eigenvalue weighted by Crippen LogP contribution is 2.13. The molecule has 0 radical (unpaired) electrons. The Kier molecular flexibility index (Phi) is 8.99. The number of carbonyl (C=O) groups is 1. The lowest BCUT2D eigenvalue weighted by molar-refractivity contribution is -0.126. The molecule has 0 aromatic carbocycles. The molecule has 0 spiro atoms. The molecule has 2 unspecified atom stereocenters. The van der Waals surface area contributed by atoms with E-state index in [4.69, 9.17) is 5.73 Å². The second-order valence-corrected chi connectivity index (χ2v) is 4.66. The van der Waals surface area contributed by atoms with E-state index in [1.165, 1.54) is 0 Å². The fourth-order valence-electron chi connectivity index (χ4n) is 1.74. The molecule has 0 aliphatic heterocycles. The van der Waals surface area contributed by atoms with Gasteiger partial charge in [-0.3, -0.25) is 4.79 Å². The summed E-state index contributed by atoms with van der Waals surface area (Å²) in [5.74, 6) is 0.556. The average Bonchev–Trinajstić information content (AvgIpc) is 2.64. The van der Waals surface area contributed by atoms with Gasteiger partial charge in [-0.05, 0) is 20.3 Å². The maximum atomic E-state index is 12.0. The molecule has 1 aromatic heterocycles. The molecule has 0 saturated carbocycles. The number of amides is 1. The van der Waals surface area contributed by atoms with Crippen molar-refractivity contribution in [2.24, 2.45) is 12.8 Å². The highest BCUT2D eigenvalue weighted by Gasteiger charge is 2.29. The molecule has 1 heterocycles. The summed E-state index contributed by atoms with van der Waals surface area (Å²) in [4.78, 5) is 12.0. The van der Waals surface area contributed by atoms with Crippen LogP contribution in [0.5, 0.6) is 0 Å². The SMILES string of the molecule is CCCC(C)(N)C(=O)NC(C)c1nncn1C.Cl.Cl. The molecule has 0 aliphatic rings. The molecule has 0 fully saturated rings. The number of aromatic nitrogens is 3. The van der Waals surface area contributed by atoms with Gasteiger partial charge in [0.15, 0.2) is 5.82 Å². The Labute approximate surface area is 126 Å². The summed E-state index contributed by atoms with van der Waals surface area (Å²) in [5.41, 5.74) is 5.12. The van der Waals surface area contributed by atoms with Crippen LogP contribution in [0.3, 0.4) is 0 Å². The van der Waals surface area contributed by atoms with E-state index in [0.29, 0.717) is 12.2 Å². The number of nitrogens with one attached hydrogen (secondary N) is 1. The summed E-state index contributed by atoms with van der Waals surface area (Å²) in [5, 5.41) is 10.6.